The van der Waals surface area contributed by atoms with E-state index in [4.69, 9.17) is 0 Å². The predicted octanol–water partition coefficient (Wildman–Crippen LogP) is 12.2. The topological polar surface area (TPSA) is 6.48 Å². The molecule has 2 aliphatic heterocycles. The monoisotopic (exact) mass is 616 g/mol. The van der Waals surface area contributed by atoms with Gasteiger partial charge in [0.25, 0.3) is 0 Å². The van der Waals surface area contributed by atoms with E-state index in [0.717, 1.165) is 25.7 Å². The molecular formula is C46H36N2. The second-order valence-corrected chi connectivity index (χ2v) is 12.9. The number of nitrogens with zero attached hydrogens (tertiary/aromatic N) is 2. The van der Waals surface area contributed by atoms with Gasteiger partial charge in [-0.1, -0.05) is 109 Å². The lowest BCUT2D eigenvalue weighted by Crippen LogP contribution is -2.11. The summed E-state index contributed by atoms with van der Waals surface area (Å²) in [6, 6.07) is 62.4. The van der Waals surface area contributed by atoms with Crippen molar-refractivity contribution in [1.82, 2.24) is 0 Å². The standard InChI is InChI=1S/C46H36N2/c1-3-13-41(14-4-1)47-43-17-9-7-11-35(43)23-25-39-31-37(27-29-45(39)47)33-19-21-34(22-20-33)38-28-30-46-40(32-38)26-24-36-12-8-10-18-44(36)48(46)42-15-5-2-6-16-42/h1-22,27-32H,23-26H2. The fourth-order valence-corrected chi connectivity index (χ4v) is 7.61. The molecule has 0 saturated carbocycles. The number of anilines is 6. The number of hydrogen-bond donors (Lipinski definition) is 0. The van der Waals surface area contributed by atoms with Crippen LogP contribution in [0.1, 0.15) is 22.3 Å². The first kappa shape index (κ1) is 28.4. The van der Waals surface area contributed by atoms with Crippen molar-refractivity contribution >= 4 is 34.1 Å². The Morgan fingerprint density at radius 3 is 1.04 bits per heavy atom. The van der Waals surface area contributed by atoms with E-state index in [1.807, 2.05) is 0 Å². The van der Waals surface area contributed by atoms with E-state index in [2.05, 4.69) is 180 Å². The summed E-state index contributed by atoms with van der Waals surface area (Å²) in [5.74, 6) is 0. The van der Waals surface area contributed by atoms with Crippen molar-refractivity contribution in [3.63, 3.8) is 0 Å². The molecule has 2 aliphatic rings. The molecule has 9 rings (SSSR count). The second-order valence-electron chi connectivity index (χ2n) is 12.9. The zero-order valence-corrected chi connectivity index (χ0v) is 26.9. The maximum atomic E-state index is 2.43. The van der Waals surface area contributed by atoms with Gasteiger partial charge in [-0.2, -0.15) is 0 Å². The number of rotatable bonds is 4. The molecule has 2 nitrogen and oxygen atoms in total. The number of benzene rings is 7. The van der Waals surface area contributed by atoms with E-state index < -0.39 is 0 Å². The van der Waals surface area contributed by atoms with Gasteiger partial charge in [0.15, 0.2) is 0 Å². The highest BCUT2D eigenvalue weighted by Crippen LogP contribution is 2.44. The molecule has 0 amide bonds. The Morgan fingerprint density at radius 1 is 0.271 bits per heavy atom. The van der Waals surface area contributed by atoms with Crippen LogP contribution in [0.25, 0.3) is 22.3 Å². The first-order valence-electron chi connectivity index (χ1n) is 17.0. The molecule has 2 heteroatoms. The zero-order valence-electron chi connectivity index (χ0n) is 26.9. The molecular weight excluding hydrogens is 581 g/mol. The second kappa shape index (κ2) is 12.1. The van der Waals surface area contributed by atoms with E-state index >= 15 is 0 Å². The highest BCUT2D eigenvalue weighted by molar-refractivity contribution is 5.85. The van der Waals surface area contributed by atoms with Crippen LogP contribution in [0.2, 0.25) is 0 Å². The maximum absolute atomic E-state index is 2.43. The molecule has 7 aromatic rings. The Balaban J connectivity index is 1.04. The van der Waals surface area contributed by atoms with Crippen molar-refractivity contribution in [1.29, 1.82) is 0 Å². The van der Waals surface area contributed by atoms with Crippen molar-refractivity contribution < 1.29 is 0 Å². The van der Waals surface area contributed by atoms with Crippen LogP contribution >= 0.6 is 0 Å². The summed E-state index contributed by atoms with van der Waals surface area (Å²) >= 11 is 0. The van der Waals surface area contributed by atoms with Crippen LogP contribution in [0, 0.1) is 0 Å². The lowest BCUT2D eigenvalue weighted by Gasteiger charge is -2.27. The van der Waals surface area contributed by atoms with Crippen molar-refractivity contribution in [3.8, 4) is 22.3 Å². The quantitative estimate of drug-likeness (QED) is 0.194. The minimum atomic E-state index is 1.01. The first-order chi connectivity index (χ1) is 23.8. The Hall–Kier alpha value is -5.86. The van der Waals surface area contributed by atoms with Gasteiger partial charge in [-0.05, 0) is 131 Å². The van der Waals surface area contributed by atoms with Gasteiger partial charge in [0.1, 0.15) is 0 Å². The van der Waals surface area contributed by atoms with Crippen LogP contribution in [0.5, 0.6) is 0 Å². The van der Waals surface area contributed by atoms with E-state index in [-0.39, 0.29) is 0 Å². The fourth-order valence-electron chi connectivity index (χ4n) is 7.61. The predicted molar refractivity (Wildman–Crippen MR) is 201 cm³/mol. The molecule has 7 aromatic carbocycles. The Bertz CT molecular complexity index is 2070. The highest BCUT2D eigenvalue weighted by atomic mass is 15.2. The summed E-state index contributed by atoms with van der Waals surface area (Å²) in [5.41, 5.74) is 18.0. The molecule has 0 unspecified atom stereocenters. The van der Waals surface area contributed by atoms with Gasteiger partial charge >= 0.3 is 0 Å². The molecule has 0 atom stereocenters. The molecule has 0 spiro atoms. The van der Waals surface area contributed by atoms with Gasteiger partial charge in [0, 0.05) is 34.1 Å². The van der Waals surface area contributed by atoms with Gasteiger partial charge in [0.05, 0.1) is 0 Å². The SMILES string of the molecule is c1ccc(N2c3ccccc3CCc3cc(-c4ccc(-c5ccc6c(c5)CCc5ccccc5N6c5ccccc5)cc4)ccc32)cc1. The van der Waals surface area contributed by atoms with Gasteiger partial charge in [0.2, 0.25) is 0 Å². The third-order valence-electron chi connectivity index (χ3n) is 10.0. The largest absolute Gasteiger partial charge is 0.310 e. The van der Waals surface area contributed by atoms with E-state index in [9.17, 15) is 0 Å². The number of para-hydroxylation sites is 4. The number of aryl methyl sites for hydroxylation is 4. The summed E-state index contributed by atoms with van der Waals surface area (Å²) in [6.45, 7) is 0. The van der Waals surface area contributed by atoms with Crippen LogP contribution in [-0.2, 0) is 25.7 Å². The Morgan fingerprint density at radius 2 is 0.604 bits per heavy atom. The van der Waals surface area contributed by atoms with E-state index in [0.29, 0.717) is 0 Å². The molecule has 48 heavy (non-hydrogen) atoms. The average Bonchev–Trinajstić information content (AvgIpc) is 3.43. The fraction of sp³-hybridized carbons (Fsp3) is 0.0870. The van der Waals surface area contributed by atoms with Crippen molar-refractivity contribution in [2.75, 3.05) is 9.80 Å². The molecule has 0 aromatic heterocycles. The molecule has 0 fully saturated rings. The molecule has 0 saturated heterocycles. The lowest BCUT2D eigenvalue weighted by atomic mass is 9.95. The third-order valence-corrected chi connectivity index (χ3v) is 10.0. The third kappa shape index (κ3) is 5.07. The first-order valence-corrected chi connectivity index (χ1v) is 17.0. The molecule has 0 N–H and O–H groups in total. The van der Waals surface area contributed by atoms with Gasteiger partial charge in [-0.25, -0.2) is 0 Å². The average molecular weight is 617 g/mol. The summed E-state index contributed by atoms with van der Waals surface area (Å²) in [4.78, 5) is 4.86. The molecule has 0 radical (unpaired) electrons. The molecule has 2 heterocycles. The van der Waals surface area contributed by atoms with E-state index in [1.54, 1.807) is 0 Å². The highest BCUT2D eigenvalue weighted by Gasteiger charge is 2.24. The van der Waals surface area contributed by atoms with Crippen molar-refractivity contribution in [2.24, 2.45) is 0 Å². The van der Waals surface area contributed by atoms with Crippen molar-refractivity contribution in [2.45, 2.75) is 25.7 Å². The van der Waals surface area contributed by atoms with Crippen LogP contribution in [0.3, 0.4) is 0 Å². The summed E-state index contributed by atoms with van der Waals surface area (Å²) < 4.78 is 0. The number of hydrogen-bond acceptors (Lipinski definition) is 2. The van der Waals surface area contributed by atoms with E-state index in [1.165, 1.54) is 78.6 Å². The Kier molecular flexibility index (Phi) is 7.13. The minimum Gasteiger partial charge on any atom is -0.310 e. The molecule has 230 valence electrons. The summed E-state index contributed by atoms with van der Waals surface area (Å²) in [6.07, 6.45) is 4.08. The van der Waals surface area contributed by atoms with Gasteiger partial charge < -0.3 is 9.80 Å². The molecule has 0 aliphatic carbocycles. The van der Waals surface area contributed by atoms with Crippen LogP contribution in [-0.4, -0.2) is 0 Å². The van der Waals surface area contributed by atoms with Crippen molar-refractivity contribution in [3.05, 3.63) is 192 Å². The van der Waals surface area contributed by atoms with Crippen LogP contribution < -0.4 is 9.80 Å². The maximum Gasteiger partial charge on any atom is 0.0494 e. The Labute approximate surface area is 283 Å². The van der Waals surface area contributed by atoms with Gasteiger partial charge in [-0.15, -0.1) is 0 Å². The van der Waals surface area contributed by atoms with Crippen LogP contribution in [0.4, 0.5) is 34.1 Å². The lowest BCUT2D eigenvalue weighted by molar-refractivity contribution is 0.978. The van der Waals surface area contributed by atoms with Gasteiger partial charge in [-0.3, -0.25) is 0 Å². The van der Waals surface area contributed by atoms with Crippen LogP contribution in [0.15, 0.2) is 170 Å². The summed E-state index contributed by atoms with van der Waals surface area (Å²) in [7, 11) is 0. The normalized spacial score (nSPS) is 13.4. The summed E-state index contributed by atoms with van der Waals surface area (Å²) in [5, 5.41) is 0. The molecule has 0 bridgehead atoms. The number of fused-ring (bicyclic) bond motifs is 4. The smallest absolute Gasteiger partial charge is 0.0494 e. The minimum absolute atomic E-state index is 1.01. The zero-order chi connectivity index (χ0) is 31.9.